The van der Waals surface area contributed by atoms with Gasteiger partial charge in [-0.05, 0) is 53.0 Å². The van der Waals surface area contributed by atoms with Crippen LogP contribution >= 0.6 is 0 Å². The molecule has 0 aliphatic heterocycles. The summed E-state index contributed by atoms with van der Waals surface area (Å²) >= 11 is 0. The van der Waals surface area contributed by atoms with Crippen molar-refractivity contribution in [3.05, 3.63) is 57.9 Å². The van der Waals surface area contributed by atoms with Crippen LogP contribution in [0.25, 0.3) is 0 Å². The number of allylic oxidation sites excluding steroid dienone is 2. The second-order valence-electron chi connectivity index (χ2n) is 6.38. The van der Waals surface area contributed by atoms with Gasteiger partial charge in [-0.3, -0.25) is 10.2 Å². The Kier molecular flexibility index (Phi) is 4.28. The average Bonchev–Trinajstić information content (AvgIpc) is 2.71. The van der Waals surface area contributed by atoms with Gasteiger partial charge in [0.25, 0.3) is 0 Å². The number of aliphatic hydroxyl groups is 2. The molecule has 0 fully saturated rings. The van der Waals surface area contributed by atoms with E-state index in [9.17, 15) is 20.1 Å². The number of aliphatic hydroxyl groups excluding tert-OH is 2. The number of fused-ring (bicyclic) bond motifs is 1. The number of benzene rings is 1. The van der Waals surface area contributed by atoms with E-state index in [1.165, 1.54) is 0 Å². The fraction of sp³-hybridized carbons (Fsp3) is 0.368. The minimum Gasteiger partial charge on any atom is -0.506 e. The third kappa shape index (κ3) is 2.65. The van der Waals surface area contributed by atoms with E-state index in [0.717, 1.165) is 16.7 Å². The second kappa shape index (κ2) is 6.24. The van der Waals surface area contributed by atoms with E-state index in [1.807, 2.05) is 31.2 Å². The number of hydrogen-bond donors (Lipinski definition) is 4. The molecular formula is C19H21NO4. The first-order valence-electron chi connectivity index (χ1n) is 8.14. The van der Waals surface area contributed by atoms with Crippen LogP contribution in [0.3, 0.4) is 0 Å². The number of carbonyl (C=O) groups is 1. The van der Waals surface area contributed by atoms with E-state index in [1.54, 1.807) is 0 Å². The van der Waals surface area contributed by atoms with Gasteiger partial charge in [-0.2, -0.15) is 0 Å². The summed E-state index contributed by atoms with van der Waals surface area (Å²) in [7, 11) is 0. The van der Waals surface area contributed by atoms with Gasteiger partial charge < -0.3 is 15.3 Å². The Labute approximate surface area is 140 Å². The van der Waals surface area contributed by atoms with Crippen LogP contribution in [0.2, 0.25) is 0 Å². The minimum atomic E-state index is -1.17. The summed E-state index contributed by atoms with van der Waals surface area (Å²) in [5.41, 5.74) is 4.03. The molecule has 0 saturated carbocycles. The first-order valence-corrected chi connectivity index (χ1v) is 8.14. The standard InChI is InChI=1S/C19H21NO4/c1-2-12-14-7-10-5-3-4-6-13(10)11(9-16(21)22)8-15(14)19(24)17(20)18(12)23/h3-6,11,19-20,23-24H,2,7-9H2,1H3,(H,21,22)/t11-,19?/m0/s1. The van der Waals surface area contributed by atoms with Crippen LogP contribution in [0.15, 0.2) is 46.7 Å². The molecule has 0 radical (unpaired) electrons. The van der Waals surface area contributed by atoms with Crippen LogP contribution < -0.4 is 0 Å². The van der Waals surface area contributed by atoms with Gasteiger partial charge in [0.1, 0.15) is 17.6 Å². The molecule has 2 aliphatic rings. The van der Waals surface area contributed by atoms with Crippen molar-refractivity contribution in [2.75, 3.05) is 0 Å². The second-order valence-corrected chi connectivity index (χ2v) is 6.38. The fourth-order valence-electron chi connectivity index (χ4n) is 3.86. The Morgan fingerprint density at radius 3 is 2.71 bits per heavy atom. The van der Waals surface area contributed by atoms with Gasteiger partial charge in [0.05, 0.1) is 6.42 Å². The average molecular weight is 327 g/mol. The van der Waals surface area contributed by atoms with E-state index in [0.29, 0.717) is 30.4 Å². The van der Waals surface area contributed by atoms with E-state index < -0.39 is 12.1 Å². The lowest BCUT2D eigenvalue weighted by Crippen LogP contribution is -2.31. The van der Waals surface area contributed by atoms with Crippen molar-refractivity contribution < 1.29 is 20.1 Å². The Bertz CT molecular complexity index is 775. The summed E-state index contributed by atoms with van der Waals surface area (Å²) in [6.07, 6.45) is 0.301. The highest BCUT2D eigenvalue weighted by Gasteiger charge is 2.36. The van der Waals surface area contributed by atoms with Crippen molar-refractivity contribution in [3.63, 3.8) is 0 Å². The normalized spacial score (nSPS) is 23.7. The van der Waals surface area contributed by atoms with Crippen LogP contribution in [0, 0.1) is 5.41 Å². The van der Waals surface area contributed by atoms with Gasteiger partial charge >= 0.3 is 5.97 Å². The van der Waals surface area contributed by atoms with Crippen molar-refractivity contribution >= 4 is 11.7 Å². The van der Waals surface area contributed by atoms with Gasteiger partial charge in [-0.1, -0.05) is 31.2 Å². The highest BCUT2D eigenvalue weighted by atomic mass is 16.4. The molecule has 0 amide bonds. The SMILES string of the molecule is CCC1=C(O)C(=N)C(O)C2=C1Cc1ccccc1[C@H](CC(=O)O)C2. The minimum absolute atomic E-state index is 0.0228. The molecule has 0 bridgehead atoms. The lowest BCUT2D eigenvalue weighted by molar-refractivity contribution is -0.137. The zero-order chi connectivity index (χ0) is 17.4. The number of carboxylic acids is 1. The molecule has 24 heavy (non-hydrogen) atoms. The molecule has 1 aromatic rings. The smallest absolute Gasteiger partial charge is 0.303 e. The van der Waals surface area contributed by atoms with Crippen molar-refractivity contribution in [2.45, 2.75) is 44.6 Å². The van der Waals surface area contributed by atoms with Crippen molar-refractivity contribution in [2.24, 2.45) is 0 Å². The van der Waals surface area contributed by atoms with Crippen molar-refractivity contribution in [1.82, 2.24) is 0 Å². The molecule has 1 unspecified atom stereocenters. The predicted molar refractivity (Wildman–Crippen MR) is 90.5 cm³/mol. The Morgan fingerprint density at radius 1 is 1.33 bits per heavy atom. The van der Waals surface area contributed by atoms with Crippen LogP contribution in [-0.2, 0) is 11.2 Å². The van der Waals surface area contributed by atoms with E-state index in [-0.39, 0.29) is 23.8 Å². The lowest BCUT2D eigenvalue weighted by atomic mass is 9.81. The first kappa shape index (κ1) is 16.5. The molecule has 126 valence electrons. The Balaban J connectivity index is 2.16. The van der Waals surface area contributed by atoms with Crippen molar-refractivity contribution in [1.29, 1.82) is 5.41 Å². The number of aliphatic carboxylic acids is 1. The topological polar surface area (TPSA) is 102 Å². The lowest BCUT2D eigenvalue weighted by Gasteiger charge is -2.28. The molecule has 2 aliphatic carbocycles. The third-order valence-corrected chi connectivity index (χ3v) is 5.00. The highest BCUT2D eigenvalue weighted by Crippen LogP contribution is 2.42. The van der Waals surface area contributed by atoms with Crippen LogP contribution in [0.4, 0.5) is 0 Å². The predicted octanol–water partition coefficient (Wildman–Crippen LogP) is 3.10. The first-order chi connectivity index (χ1) is 11.4. The molecule has 0 aromatic heterocycles. The zero-order valence-electron chi connectivity index (χ0n) is 13.5. The summed E-state index contributed by atoms with van der Waals surface area (Å²) < 4.78 is 0. The molecule has 0 heterocycles. The van der Waals surface area contributed by atoms with Gasteiger partial charge in [0.2, 0.25) is 0 Å². The van der Waals surface area contributed by atoms with E-state index >= 15 is 0 Å². The summed E-state index contributed by atoms with van der Waals surface area (Å²) in [6.45, 7) is 1.91. The maximum Gasteiger partial charge on any atom is 0.303 e. The molecule has 0 saturated heterocycles. The fourth-order valence-corrected chi connectivity index (χ4v) is 3.86. The number of rotatable bonds is 3. The van der Waals surface area contributed by atoms with Crippen LogP contribution in [-0.4, -0.2) is 33.1 Å². The van der Waals surface area contributed by atoms with Gasteiger partial charge in [-0.15, -0.1) is 0 Å². The van der Waals surface area contributed by atoms with E-state index in [4.69, 9.17) is 5.41 Å². The third-order valence-electron chi connectivity index (χ3n) is 5.00. The molecule has 2 atom stereocenters. The molecule has 5 nitrogen and oxygen atoms in total. The molecule has 5 heteroatoms. The maximum atomic E-state index is 11.3. The Hall–Kier alpha value is -2.40. The molecule has 4 N–H and O–H groups in total. The zero-order valence-corrected chi connectivity index (χ0v) is 13.5. The largest absolute Gasteiger partial charge is 0.506 e. The summed E-state index contributed by atoms with van der Waals surface area (Å²) in [6, 6.07) is 7.72. The monoisotopic (exact) mass is 327 g/mol. The molecule has 0 spiro atoms. The van der Waals surface area contributed by atoms with Crippen molar-refractivity contribution in [3.8, 4) is 0 Å². The quantitative estimate of drug-likeness (QED) is 0.685. The van der Waals surface area contributed by atoms with Gasteiger partial charge in [-0.25, -0.2) is 0 Å². The van der Waals surface area contributed by atoms with Gasteiger partial charge in [0, 0.05) is 0 Å². The molecule has 1 aromatic carbocycles. The van der Waals surface area contributed by atoms with Crippen LogP contribution in [0.5, 0.6) is 0 Å². The number of carboxylic acid groups (broad SMARTS) is 1. The van der Waals surface area contributed by atoms with E-state index in [2.05, 4.69) is 0 Å². The highest BCUT2D eigenvalue weighted by molar-refractivity contribution is 6.04. The molecule has 3 rings (SSSR count). The number of nitrogens with one attached hydrogen (secondary N) is 1. The summed E-state index contributed by atoms with van der Waals surface area (Å²) in [5.74, 6) is -1.27. The number of hydrogen-bond acceptors (Lipinski definition) is 4. The van der Waals surface area contributed by atoms with Gasteiger partial charge in [0.15, 0.2) is 0 Å². The van der Waals surface area contributed by atoms with Crippen LogP contribution in [0.1, 0.15) is 43.2 Å². The molecular weight excluding hydrogens is 306 g/mol. The maximum absolute atomic E-state index is 11.3. The summed E-state index contributed by atoms with van der Waals surface area (Å²) in [5, 5.41) is 38.0. The summed E-state index contributed by atoms with van der Waals surface area (Å²) in [4.78, 5) is 11.3. The Morgan fingerprint density at radius 2 is 2.04 bits per heavy atom.